The van der Waals surface area contributed by atoms with Gasteiger partial charge in [0.2, 0.25) is 0 Å². The highest BCUT2D eigenvalue weighted by Gasteiger charge is 2.40. The molecule has 6 heterocycles. The lowest BCUT2D eigenvalue weighted by Crippen LogP contribution is -2.47. The third kappa shape index (κ3) is 4.10. The average molecular weight is 489 g/mol. The molecular formula is C25H28N8O3. The Morgan fingerprint density at radius 2 is 2.19 bits per heavy atom. The number of fused-ring (bicyclic) bond motifs is 2. The highest BCUT2D eigenvalue weighted by molar-refractivity contribution is 5.98. The fourth-order valence-electron chi connectivity index (χ4n) is 5.09. The molecule has 0 spiro atoms. The molecule has 2 unspecified atom stereocenters. The fourth-order valence-corrected chi connectivity index (χ4v) is 5.09. The van der Waals surface area contributed by atoms with Gasteiger partial charge in [0.15, 0.2) is 0 Å². The first-order valence-electron chi connectivity index (χ1n) is 12.2. The normalized spacial score (nSPS) is 23.7. The van der Waals surface area contributed by atoms with Gasteiger partial charge >= 0.3 is 0 Å². The van der Waals surface area contributed by atoms with Crippen LogP contribution >= 0.6 is 0 Å². The standard InChI is InChI=1S/C25H28N8O3/c1-15-14-35-9-8-32(15)23-10-18(19(11-26)24(30-23)29-22-6-7-28-31-22)20-4-2-16(12-27-20)33-13-17-3-5-21(36-17)25(33)34/h2,4,6-7,10-12,15,17,21,26H,3,5,8-9,13-14H2,1H3,(H2,28,29,30,31)/t15-,17?,21?/m1/s1. The Morgan fingerprint density at radius 3 is 2.94 bits per heavy atom. The number of nitrogens with one attached hydrogen (secondary N) is 3. The van der Waals surface area contributed by atoms with Gasteiger partial charge in [0.05, 0.1) is 55.7 Å². The Labute approximate surface area is 208 Å². The summed E-state index contributed by atoms with van der Waals surface area (Å²) >= 11 is 0. The SMILES string of the molecule is C[C@@H]1COCCN1c1cc(-c2ccc(N3CC4CCC(O4)C3=O)cn2)c(C=N)c(Nc2ccn[nH]2)n1. The molecule has 3 aromatic heterocycles. The Balaban J connectivity index is 1.38. The van der Waals surface area contributed by atoms with E-state index in [-0.39, 0.29) is 24.2 Å². The van der Waals surface area contributed by atoms with Crippen LogP contribution in [0.4, 0.5) is 23.1 Å². The minimum atomic E-state index is -0.345. The number of hydrogen-bond donors (Lipinski definition) is 3. The zero-order valence-corrected chi connectivity index (χ0v) is 20.0. The summed E-state index contributed by atoms with van der Waals surface area (Å²) in [7, 11) is 0. The van der Waals surface area contributed by atoms with Crippen LogP contribution in [-0.2, 0) is 14.3 Å². The second-order valence-corrected chi connectivity index (χ2v) is 9.32. The number of nitrogens with zero attached hydrogens (tertiary/aromatic N) is 5. The van der Waals surface area contributed by atoms with Crippen LogP contribution in [0.5, 0.6) is 0 Å². The number of amides is 1. The zero-order valence-electron chi connectivity index (χ0n) is 20.0. The summed E-state index contributed by atoms with van der Waals surface area (Å²) in [5.74, 6) is 1.98. The Hall–Kier alpha value is -3.83. The lowest BCUT2D eigenvalue weighted by molar-refractivity contribution is -0.133. The van der Waals surface area contributed by atoms with E-state index >= 15 is 0 Å². The van der Waals surface area contributed by atoms with Crippen molar-refractivity contribution < 1.29 is 14.3 Å². The van der Waals surface area contributed by atoms with Crippen LogP contribution in [0.25, 0.3) is 11.3 Å². The number of carbonyl (C=O) groups excluding carboxylic acids is 1. The van der Waals surface area contributed by atoms with Crippen LogP contribution in [0.15, 0.2) is 36.7 Å². The molecular weight excluding hydrogens is 460 g/mol. The number of aromatic amines is 1. The van der Waals surface area contributed by atoms with E-state index < -0.39 is 0 Å². The van der Waals surface area contributed by atoms with Crippen LogP contribution in [0.1, 0.15) is 25.3 Å². The maximum absolute atomic E-state index is 12.8. The molecule has 36 heavy (non-hydrogen) atoms. The van der Waals surface area contributed by atoms with Crippen LogP contribution in [0.2, 0.25) is 0 Å². The first kappa shape index (κ1) is 22.6. The van der Waals surface area contributed by atoms with Gasteiger partial charge in [-0.1, -0.05) is 0 Å². The fraction of sp³-hybridized carbons (Fsp3) is 0.400. The number of hydrogen-bond acceptors (Lipinski definition) is 9. The molecule has 186 valence electrons. The van der Waals surface area contributed by atoms with Crippen LogP contribution in [0, 0.1) is 5.41 Å². The summed E-state index contributed by atoms with van der Waals surface area (Å²) in [5.41, 5.74) is 2.83. The van der Waals surface area contributed by atoms with Gasteiger partial charge in [0.25, 0.3) is 5.91 Å². The van der Waals surface area contributed by atoms with Crippen molar-refractivity contribution >= 4 is 35.3 Å². The first-order chi connectivity index (χ1) is 17.6. The lowest BCUT2D eigenvalue weighted by atomic mass is 10.0. The van der Waals surface area contributed by atoms with E-state index in [1.807, 2.05) is 18.2 Å². The van der Waals surface area contributed by atoms with Gasteiger partial charge in [-0.25, -0.2) is 4.98 Å². The van der Waals surface area contributed by atoms with Crippen LogP contribution in [0.3, 0.4) is 0 Å². The monoisotopic (exact) mass is 488 g/mol. The molecule has 3 fully saturated rings. The molecule has 0 saturated carbocycles. The second kappa shape index (κ2) is 9.32. The van der Waals surface area contributed by atoms with E-state index in [2.05, 4.69) is 27.3 Å². The zero-order chi connectivity index (χ0) is 24.6. The molecule has 11 heteroatoms. The van der Waals surface area contributed by atoms with Gasteiger partial charge in [-0.05, 0) is 38.0 Å². The second-order valence-electron chi connectivity index (χ2n) is 9.32. The molecule has 3 aliphatic heterocycles. The average Bonchev–Trinajstić information content (AvgIpc) is 3.56. The maximum Gasteiger partial charge on any atom is 0.256 e. The van der Waals surface area contributed by atoms with Crippen molar-refractivity contribution in [2.75, 3.05) is 41.4 Å². The van der Waals surface area contributed by atoms with E-state index in [1.54, 1.807) is 23.4 Å². The van der Waals surface area contributed by atoms with E-state index in [0.29, 0.717) is 42.7 Å². The molecule has 3 N–H and O–H groups in total. The van der Waals surface area contributed by atoms with Gasteiger partial charge in [-0.2, -0.15) is 5.10 Å². The molecule has 3 saturated heterocycles. The Kier molecular flexibility index (Phi) is 5.86. The van der Waals surface area contributed by atoms with Crippen molar-refractivity contribution in [3.05, 3.63) is 42.2 Å². The summed E-state index contributed by atoms with van der Waals surface area (Å²) in [6.45, 7) is 4.62. The lowest BCUT2D eigenvalue weighted by Gasteiger charge is -2.35. The number of anilines is 4. The minimum Gasteiger partial charge on any atom is -0.377 e. The predicted molar refractivity (Wildman–Crippen MR) is 135 cm³/mol. The summed E-state index contributed by atoms with van der Waals surface area (Å²) in [6, 6.07) is 7.75. The van der Waals surface area contributed by atoms with Crippen molar-refractivity contribution in [3.63, 3.8) is 0 Å². The van der Waals surface area contributed by atoms with Gasteiger partial charge in [-0.15, -0.1) is 0 Å². The number of aromatic nitrogens is 4. The molecule has 1 amide bonds. The molecule has 11 nitrogen and oxygen atoms in total. The number of H-pyrrole nitrogens is 1. The largest absolute Gasteiger partial charge is 0.377 e. The summed E-state index contributed by atoms with van der Waals surface area (Å²) in [4.78, 5) is 26.4. The molecule has 0 radical (unpaired) electrons. The molecule has 2 bridgehead atoms. The number of carbonyl (C=O) groups is 1. The Morgan fingerprint density at radius 1 is 1.28 bits per heavy atom. The van der Waals surface area contributed by atoms with Gasteiger partial charge in [0, 0.05) is 30.0 Å². The summed E-state index contributed by atoms with van der Waals surface area (Å²) in [6.07, 6.45) is 6.10. The van der Waals surface area contributed by atoms with Crippen molar-refractivity contribution in [1.82, 2.24) is 20.2 Å². The van der Waals surface area contributed by atoms with E-state index in [9.17, 15) is 4.79 Å². The minimum absolute atomic E-state index is 0.00275. The molecule has 3 aromatic rings. The van der Waals surface area contributed by atoms with E-state index in [4.69, 9.17) is 24.9 Å². The molecule has 0 aliphatic carbocycles. The van der Waals surface area contributed by atoms with Crippen molar-refractivity contribution in [2.45, 2.75) is 38.0 Å². The highest BCUT2D eigenvalue weighted by atomic mass is 16.5. The third-order valence-corrected chi connectivity index (χ3v) is 6.98. The van der Waals surface area contributed by atoms with Gasteiger partial charge < -0.3 is 30.0 Å². The van der Waals surface area contributed by atoms with Crippen LogP contribution < -0.4 is 15.1 Å². The number of morpholine rings is 2. The summed E-state index contributed by atoms with van der Waals surface area (Å²) < 4.78 is 11.4. The van der Waals surface area contributed by atoms with Crippen molar-refractivity contribution in [1.29, 1.82) is 5.41 Å². The quantitative estimate of drug-likeness (QED) is 0.451. The summed E-state index contributed by atoms with van der Waals surface area (Å²) in [5, 5.41) is 18.3. The highest BCUT2D eigenvalue weighted by Crippen LogP contribution is 2.34. The predicted octanol–water partition coefficient (Wildman–Crippen LogP) is 2.73. The topological polar surface area (TPSA) is 132 Å². The van der Waals surface area contributed by atoms with Crippen LogP contribution in [-0.4, -0.2) is 76.8 Å². The van der Waals surface area contributed by atoms with E-state index in [1.165, 1.54) is 6.21 Å². The number of rotatable bonds is 6. The first-order valence-corrected chi connectivity index (χ1v) is 12.2. The number of ether oxygens (including phenoxy) is 2. The van der Waals surface area contributed by atoms with Crippen molar-refractivity contribution in [3.8, 4) is 11.3 Å². The maximum atomic E-state index is 12.8. The van der Waals surface area contributed by atoms with Gasteiger partial charge in [0.1, 0.15) is 23.6 Å². The van der Waals surface area contributed by atoms with Crippen molar-refractivity contribution in [2.24, 2.45) is 0 Å². The smallest absolute Gasteiger partial charge is 0.256 e. The molecule has 6 rings (SSSR count). The molecule has 3 atom stereocenters. The van der Waals surface area contributed by atoms with Gasteiger partial charge in [-0.3, -0.25) is 14.9 Å². The van der Waals surface area contributed by atoms with E-state index in [0.717, 1.165) is 36.5 Å². The number of pyridine rings is 2. The molecule has 0 aromatic carbocycles. The molecule has 3 aliphatic rings. The third-order valence-electron chi connectivity index (χ3n) is 6.98. The Bertz CT molecular complexity index is 1260.